The fraction of sp³-hybridized carbons (Fsp3) is 0.194. The highest BCUT2D eigenvalue weighted by Gasteiger charge is 2.16. The molecule has 6 rings (SSSR count). The smallest absolute Gasteiger partial charge is 0.449 e. The second-order valence-corrected chi connectivity index (χ2v) is 11.0. The lowest BCUT2D eigenvalue weighted by atomic mass is 10.0. The zero-order valence-corrected chi connectivity index (χ0v) is 24.6. The summed E-state index contributed by atoms with van der Waals surface area (Å²) in [7, 11) is 0. The van der Waals surface area contributed by atoms with Gasteiger partial charge >= 0.3 is 6.16 Å². The summed E-state index contributed by atoms with van der Waals surface area (Å²) in [4.78, 5) is 21.0. The Balaban J connectivity index is 1.31. The molecule has 7 nitrogen and oxygen atoms in total. The Morgan fingerprint density at radius 2 is 1.60 bits per heavy atom. The van der Waals surface area contributed by atoms with Crippen LogP contribution in [0.1, 0.15) is 41.4 Å². The Kier molecular flexibility index (Phi) is 7.79. The number of hydrogen-bond acceptors (Lipinski definition) is 4. The zero-order valence-electron chi connectivity index (χ0n) is 24.6. The summed E-state index contributed by atoms with van der Waals surface area (Å²) in [6.07, 6.45) is 4.56. The van der Waals surface area contributed by atoms with Crippen molar-refractivity contribution in [3.63, 3.8) is 0 Å². The molecule has 0 amide bonds. The Hall–Kier alpha value is -5.17. The summed E-state index contributed by atoms with van der Waals surface area (Å²) >= 11 is 0. The monoisotopic (exact) mass is 570 g/mol. The van der Waals surface area contributed by atoms with Crippen LogP contribution in [0.3, 0.4) is 0 Å². The van der Waals surface area contributed by atoms with Crippen LogP contribution in [-0.4, -0.2) is 30.4 Å². The number of rotatable bonds is 9. The highest BCUT2D eigenvalue weighted by Crippen LogP contribution is 2.32. The third-order valence-corrected chi connectivity index (χ3v) is 7.70. The van der Waals surface area contributed by atoms with E-state index in [1.165, 1.54) is 11.1 Å². The van der Waals surface area contributed by atoms with Gasteiger partial charge in [-0.2, -0.15) is 0 Å². The maximum Gasteiger partial charge on any atom is 0.511 e. The van der Waals surface area contributed by atoms with Crippen LogP contribution in [0.2, 0.25) is 0 Å². The lowest BCUT2D eigenvalue weighted by Gasteiger charge is -2.12. The molecule has 1 N–H and O–H groups in total. The van der Waals surface area contributed by atoms with Crippen molar-refractivity contribution in [1.82, 2.24) is 19.1 Å². The Bertz CT molecular complexity index is 1900. The molecule has 7 heteroatoms. The van der Waals surface area contributed by atoms with Crippen LogP contribution in [0, 0.1) is 13.8 Å². The highest BCUT2D eigenvalue weighted by molar-refractivity contribution is 5.85. The Labute approximate surface area is 251 Å². The fourth-order valence-corrected chi connectivity index (χ4v) is 5.54. The van der Waals surface area contributed by atoms with Crippen LogP contribution >= 0.6 is 0 Å². The molecule has 0 atom stereocenters. The summed E-state index contributed by atoms with van der Waals surface area (Å²) in [5.41, 5.74) is 10.5. The summed E-state index contributed by atoms with van der Waals surface area (Å²) in [6, 6.07) is 28.3. The van der Waals surface area contributed by atoms with Crippen LogP contribution < -0.4 is 4.74 Å². The van der Waals surface area contributed by atoms with Gasteiger partial charge in [-0.1, -0.05) is 79.2 Å². The number of carbonyl (C=O) groups is 1. The predicted molar refractivity (Wildman–Crippen MR) is 170 cm³/mol. The Morgan fingerprint density at radius 1 is 0.884 bits per heavy atom. The number of imidazole rings is 2. The van der Waals surface area contributed by atoms with Crippen molar-refractivity contribution in [2.45, 2.75) is 46.7 Å². The third-order valence-electron chi connectivity index (χ3n) is 7.70. The number of fused-ring (bicyclic) bond motifs is 1. The fourth-order valence-electron chi connectivity index (χ4n) is 5.54. The van der Waals surface area contributed by atoms with E-state index in [-0.39, 0.29) is 0 Å². The van der Waals surface area contributed by atoms with E-state index >= 15 is 0 Å². The van der Waals surface area contributed by atoms with Crippen LogP contribution in [0.25, 0.3) is 33.4 Å². The van der Waals surface area contributed by atoms with E-state index in [1.807, 2.05) is 30.6 Å². The van der Waals surface area contributed by atoms with Gasteiger partial charge in [-0.15, -0.1) is 0 Å². The number of benzene rings is 4. The molecule has 2 heterocycles. The molecule has 0 bridgehead atoms. The molecule has 0 aliphatic heterocycles. The third kappa shape index (κ3) is 6.06. The molecule has 0 unspecified atom stereocenters. The van der Waals surface area contributed by atoms with Crippen molar-refractivity contribution < 1.29 is 14.6 Å². The van der Waals surface area contributed by atoms with Gasteiger partial charge in [0.2, 0.25) is 0 Å². The average molecular weight is 571 g/mol. The molecule has 4 aromatic carbocycles. The molecular weight excluding hydrogens is 536 g/mol. The highest BCUT2D eigenvalue weighted by atomic mass is 16.7. The summed E-state index contributed by atoms with van der Waals surface area (Å²) < 4.78 is 9.44. The van der Waals surface area contributed by atoms with Gasteiger partial charge in [0.25, 0.3) is 0 Å². The van der Waals surface area contributed by atoms with Gasteiger partial charge in [0.05, 0.1) is 23.1 Å². The number of nitrogens with zero attached hydrogens (tertiary/aromatic N) is 4. The van der Waals surface area contributed by atoms with Crippen molar-refractivity contribution in [2.24, 2.45) is 0 Å². The van der Waals surface area contributed by atoms with E-state index in [0.29, 0.717) is 12.3 Å². The molecule has 216 valence electrons. The van der Waals surface area contributed by atoms with Gasteiger partial charge in [0.15, 0.2) is 0 Å². The van der Waals surface area contributed by atoms with E-state index < -0.39 is 6.16 Å². The molecule has 2 aromatic heterocycles. The summed E-state index contributed by atoms with van der Waals surface area (Å²) in [5.74, 6) is 1.38. The van der Waals surface area contributed by atoms with Gasteiger partial charge in [0, 0.05) is 36.8 Å². The topological polar surface area (TPSA) is 82.2 Å². The number of para-hydroxylation sites is 1. The maximum absolute atomic E-state index is 11.2. The SMILES string of the molecule is CCCc1nc2c(C)cc(-c3cn(Cc4ccc(C)cc4)cn3)cc2n1Cc1ccc(-c2ccccc2OC(=O)O)cc1. The van der Waals surface area contributed by atoms with Crippen LogP contribution in [0.4, 0.5) is 4.79 Å². The van der Waals surface area contributed by atoms with Crippen molar-refractivity contribution in [1.29, 1.82) is 0 Å². The first-order valence-electron chi connectivity index (χ1n) is 14.5. The number of aryl methyl sites for hydroxylation is 3. The molecule has 0 radical (unpaired) electrons. The molecule has 0 saturated heterocycles. The van der Waals surface area contributed by atoms with Crippen LogP contribution in [-0.2, 0) is 19.5 Å². The van der Waals surface area contributed by atoms with Gasteiger partial charge in [0.1, 0.15) is 11.6 Å². The Morgan fingerprint density at radius 3 is 2.35 bits per heavy atom. The number of hydrogen-bond donors (Lipinski definition) is 1. The van der Waals surface area contributed by atoms with E-state index in [0.717, 1.165) is 69.8 Å². The summed E-state index contributed by atoms with van der Waals surface area (Å²) in [5, 5.41) is 9.13. The van der Waals surface area contributed by atoms with E-state index in [1.54, 1.807) is 12.1 Å². The largest absolute Gasteiger partial charge is 0.511 e. The van der Waals surface area contributed by atoms with Crippen LogP contribution in [0.5, 0.6) is 5.75 Å². The first-order chi connectivity index (χ1) is 20.9. The quantitative estimate of drug-likeness (QED) is 0.140. The van der Waals surface area contributed by atoms with Crippen molar-refractivity contribution >= 4 is 17.2 Å². The molecule has 0 spiro atoms. The molecule has 43 heavy (non-hydrogen) atoms. The average Bonchev–Trinajstić information content (AvgIpc) is 3.60. The van der Waals surface area contributed by atoms with Crippen molar-refractivity contribution in [3.05, 3.63) is 126 Å². The van der Waals surface area contributed by atoms with Gasteiger partial charge in [-0.25, -0.2) is 14.8 Å². The molecule has 0 fully saturated rings. The number of ether oxygens (including phenoxy) is 1. The first kappa shape index (κ1) is 28.0. The minimum Gasteiger partial charge on any atom is -0.449 e. The zero-order chi connectivity index (χ0) is 29.9. The minimum atomic E-state index is -1.33. The second kappa shape index (κ2) is 12.0. The van der Waals surface area contributed by atoms with E-state index in [4.69, 9.17) is 19.8 Å². The lowest BCUT2D eigenvalue weighted by Crippen LogP contribution is -2.05. The van der Waals surface area contributed by atoms with Crippen molar-refractivity contribution in [2.75, 3.05) is 0 Å². The molecule has 6 aromatic rings. The normalized spacial score (nSPS) is 11.2. The van der Waals surface area contributed by atoms with Crippen molar-refractivity contribution in [3.8, 4) is 28.1 Å². The van der Waals surface area contributed by atoms with Gasteiger partial charge in [-0.05, 0) is 60.7 Å². The van der Waals surface area contributed by atoms with Gasteiger partial charge in [-0.3, -0.25) is 0 Å². The summed E-state index contributed by atoms with van der Waals surface area (Å²) in [6.45, 7) is 7.84. The van der Waals surface area contributed by atoms with E-state index in [9.17, 15) is 4.79 Å². The van der Waals surface area contributed by atoms with Crippen LogP contribution in [0.15, 0.2) is 97.5 Å². The predicted octanol–water partition coefficient (Wildman–Crippen LogP) is 8.29. The number of aromatic nitrogens is 4. The molecule has 0 saturated carbocycles. The molecule has 0 aliphatic carbocycles. The van der Waals surface area contributed by atoms with Gasteiger partial charge < -0.3 is 19.0 Å². The molecular formula is C36H34N4O3. The first-order valence-corrected chi connectivity index (χ1v) is 14.5. The number of carboxylic acid groups (broad SMARTS) is 1. The molecule has 0 aliphatic rings. The standard InChI is InChI=1S/C36H34N4O3/c1-4-7-34-38-35-25(3)18-29(31-22-39(23-37-31)20-26-12-10-24(2)11-13-26)19-32(35)40(34)21-27-14-16-28(17-15-27)30-8-5-6-9-33(30)43-36(41)42/h5-6,8-19,22-23H,4,7,20-21H2,1-3H3,(H,41,42). The maximum atomic E-state index is 11.2. The lowest BCUT2D eigenvalue weighted by molar-refractivity contribution is 0.144. The van der Waals surface area contributed by atoms with E-state index in [2.05, 4.69) is 84.6 Å². The minimum absolute atomic E-state index is 0.317. The second-order valence-electron chi connectivity index (χ2n) is 11.0.